The van der Waals surface area contributed by atoms with Crippen molar-refractivity contribution in [1.82, 2.24) is 25.2 Å². The van der Waals surface area contributed by atoms with Crippen LogP contribution in [0.5, 0.6) is 0 Å². The largest absolute Gasteiger partial charge is 0.369 e. The Morgan fingerprint density at radius 3 is 2.83 bits per heavy atom. The number of nitrogens with one attached hydrogen (secondary N) is 3. The van der Waals surface area contributed by atoms with Crippen LogP contribution in [-0.4, -0.2) is 47.4 Å². The molecule has 0 unspecified atom stereocenters. The number of anilines is 1. The topological polar surface area (TPSA) is 96.2 Å². The van der Waals surface area contributed by atoms with E-state index in [0.717, 1.165) is 5.69 Å². The fraction of sp³-hybridized carbons (Fsp3) is 0.300. The Hall–Kier alpha value is -2.97. The van der Waals surface area contributed by atoms with Gasteiger partial charge in [-0.1, -0.05) is 30.3 Å². The normalized spacial score (nSPS) is 11.1. The fourth-order valence-corrected chi connectivity index (χ4v) is 2.74. The predicted octanol–water partition coefficient (Wildman–Crippen LogP) is 1.85. The van der Waals surface area contributed by atoms with Gasteiger partial charge < -0.3 is 16.0 Å². The Morgan fingerprint density at radius 2 is 2.10 bits per heavy atom. The highest BCUT2D eigenvalue weighted by atomic mass is 35.5. The molecule has 8 nitrogen and oxygen atoms in total. The number of pyridine rings is 1. The van der Waals surface area contributed by atoms with Gasteiger partial charge in [0.1, 0.15) is 11.0 Å². The standard InChI is InChI=1S/C20H26ClN7O/c1-3-6-18(22-2)25-12-11-23-13-14-28-17(21)15-27-19(20(28)29)26-10-8-16-7-4-5-9-24-16/h3-7,9,15,23,25H,1-2,8,10-14H2,(H,26,27)/b18-6+. The van der Waals surface area contributed by atoms with Crippen molar-refractivity contribution < 1.29 is 0 Å². The predicted molar refractivity (Wildman–Crippen MR) is 119 cm³/mol. The Kier molecular flexibility index (Phi) is 9.61. The third-order valence-electron chi connectivity index (χ3n) is 3.97. The Bertz CT molecular complexity index is 880. The van der Waals surface area contributed by atoms with Gasteiger partial charge in [0.25, 0.3) is 5.56 Å². The molecule has 0 fully saturated rings. The van der Waals surface area contributed by atoms with Crippen molar-refractivity contribution in [3.8, 4) is 0 Å². The lowest BCUT2D eigenvalue weighted by Crippen LogP contribution is -2.33. The Balaban J connectivity index is 1.80. The van der Waals surface area contributed by atoms with Crippen LogP contribution >= 0.6 is 11.6 Å². The number of nitrogens with zero attached hydrogens (tertiary/aromatic N) is 4. The molecule has 9 heteroatoms. The van der Waals surface area contributed by atoms with Gasteiger partial charge in [0.05, 0.1) is 6.20 Å². The zero-order valence-corrected chi connectivity index (χ0v) is 17.0. The molecule has 0 spiro atoms. The molecule has 3 N–H and O–H groups in total. The van der Waals surface area contributed by atoms with Crippen LogP contribution in [0.3, 0.4) is 0 Å². The van der Waals surface area contributed by atoms with Gasteiger partial charge in [-0.25, -0.2) is 9.98 Å². The van der Waals surface area contributed by atoms with Crippen LogP contribution in [0.4, 0.5) is 5.82 Å². The van der Waals surface area contributed by atoms with Crippen LogP contribution in [0.25, 0.3) is 0 Å². The highest BCUT2D eigenvalue weighted by Crippen LogP contribution is 2.06. The van der Waals surface area contributed by atoms with Gasteiger partial charge in [0.2, 0.25) is 0 Å². The van der Waals surface area contributed by atoms with Crippen LogP contribution in [0, 0.1) is 0 Å². The molecule has 0 aliphatic heterocycles. The van der Waals surface area contributed by atoms with Gasteiger partial charge in [-0.05, 0) is 24.9 Å². The quantitative estimate of drug-likeness (QED) is 0.262. The summed E-state index contributed by atoms with van der Waals surface area (Å²) in [5, 5.41) is 9.73. The van der Waals surface area contributed by atoms with Crippen molar-refractivity contribution in [3.63, 3.8) is 0 Å². The van der Waals surface area contributed by atoms with Crippen LogP contribution in [0.2, 0.25) is 5.15 Å². The summed E-state index contributed by atoms with van der Waals surface area (Å²) in [7, 11) is 0. The molecular formula is C20H26ClN7O. The molecule has 0 aliphatic carbocycles. The summed E-state index contributed by atoms with van der Waals surface area (Å²) >= 11 is 6.15. The van der Waals surface area contributed by atoms with E-state index in [1.807, 2.05) is 18.2 Å². The van der Waals surface area contributed by atoms with Crippen molar-refractivity contribution in [1.29, 1.82) is 0 Å². The van der Waals surface area contributed by atoms with E-state index in [1.54, 1.807) is 18.3 Å². The monoisotopic (exact) mass is 415 g/mol. The molecule has 0 saturated heterocycles. The first-order chi connectivity index (χ1) is 14.2. The van der Waals surface area contributed by atoms with E-state index < -0.39 is 0 Å². The molecule has 0 saturated carbocycles. The number of rotatable bonds is 13. The summed E-state index contributed by atoms with van der Waals surface area (Å²) in [5.74, 6) is 0.944. The molecule has 2 rings (SSSR count). The summed E-state index contributed by atoms with van der Waals surface area (Å²) in [6.45, 7) is 10.0. The summed E-state index contributed by atoms with van der Waals surface area (Å²) in [4.78, 5) is 24.8. The number of aliphatic imine (C=N–C) groups is 1. The van der Waals surface area contributed by atoms with E-state index in [4.69, 9.17) is 11.6 Å². The van der Waals surface area contributed by atoms with E-state index in [0.29, 0.717) is 50.1 Å². The number of halogens is 1. The lowest BCUT2D eigenvalue weighted by atomic mass is 10.3. The second kappa shape index (κ2) is 12.5. The molecule has 154 valence electrons. The number of hydrogen-bond donors (Lipinski definition) is 3. The summed E-state index contributed by atoms with van der Waals surface area (Å²) in [6.07, 6.45) is 7.31. The molecule has 0 bridgehead atoms. The molecule has 0 amide bonds. The first kappa shape index (κ1) is 22.3. The van der Waals surface area contributed by atoms with E-state index >= 15 is 0 Å². The minimum atomic E-state index is -0.245. The maximum Gasteiger partial charge on any atom is 0.294 e. The zero-order chi connectivity index (χ0) is 20.9. The molecule has 0 aromatic carbocycles. The highest BCUT2D eigenvalue weighted by Gasteiger charge is 2.08. The van der Waals surface area contributed by atoms with E-state index in [-0.39, 0.29) is 11.4 Å². The van der Waals surface area contributed by atoms with E-state index in [2.05, 4.69) is 44.2 Å². The van der Waals surface area contributed by atoms with Gasteiger partial charge in [-0.2, -0.15) is 0 Å². The molecule has 2 heterocycles. The minimum absolute atomic E-state index is 0.245. The number of aromatic nitrogens is 3. The lowest BCUT2D eigenvalue weighted by molar-refractivity contribution is 0.574. The van der Waals surface area contributed by atoms with E-state index in [1.165, 1.54) is 10.8 Å². The van der Waals surface area contributed by atoms with Gasteiger partial charge in [-0.3, -0.25) is 14.3 Å². The SMILES string of the molecule is C=C/C=C(\N=C)NCCNCCn1c(Cl)cnc(NCCc2ccccn2)c1=O. The minimum Gasteiger partial charge on any atom is -0.369 e. The smallest absolute Gasteiger partial charge is 0.294 e. The molecule has 0 aliphatic rings. The van der Waals surface area contributed by atoms with Crippen LogP contribution in [0.1, 0.15) is 5.69 Å². The molecule has 0 radical (unpaired) electrons. The van der Waals surface area contributed by atoms with Gasteiger partial charge in [0.15, 0.2) is 5.82 Å². The van der Waals surface area contributed by atoms with Crippen LogP contribution in [-0.2, 0) is 13.0 Å². The van der Waals surface area contributed by atoms with Crippen molar-refractivity contribution in [2.75, 3.05) is 31.5 Å². The lowest BCUT2D eigenvalue weighted by Gasteiger charge is -2.12. The van der Waals surface area contributed by atoms with Crippen molar-refractivity contribution >= 4 is 24.1 Å². The maximum atomic E-state index is 12.6. The fourth-order valence-electron chi connectivity index (χ4n) is 2.53. The summed E-state index contributed by atoms with van der Waals surface area (Å²) in [6, 6.07) is 5.74. The molecular weight excluding hydrogens is 390 g/mol. The third kappa shape index (κ3) is 7.52. The first-order valence-corrected chi connectivity index (χ1v) is 9.66. The Morgan fingerprint density at radius 1 is 1.24 bits per heavy atom. The van der Waals surface area contributed by atoms with Crippen LogP contribution in [0.15, 0.2) is 64.9 Å². The molecule has 2 aromatic heterocycles. The highest BCUT2D eigenvalue weighted by molar-refractivity contribution is 6.29. The maximum absolute atomic E-state index is 12.6. The third-order valence-corrected chi connectivity index (χ3v) is 4.27. The second-order valence-electron chi connectivity index (χ2n) is 6.01. The summed E-state index contributed by atoms with van der Waals surface area (Å²) in [5.41, 5.74) is 0.704. The van der Waals surface area contributed by atoms with Crippen LogP contribution < -0.4 is 21.5 Å². The van der Waals surface area contributed by atoms with Gasteiger partial charge in [0, 0.05) is 51.0 Å². The Labute approximate surface area is 175 Å². The first-order valence-electron chi connectivity index (χ1n) is 9.29. The van der Waals surface area contributed by atoms with E-state index in [9.17, 15) is 4.79 Å². The van der Waals surface area contributed by atoms with Crippen molar-refractivity contribution in [2.24, 2.45) is 4.99 Å². The molecule has 0 atom stereocenters. The number of hydrogen-bond acceptors (Lipinski definition) is 7. The van der Waals surface area contributed by atoms with Gasteiger partial charge in [-0.15, -0.1) is 0 Å². The van der Waals surface area contributed by atoms with Crippen molar-refractivity contribution in [3.05, 3.63) is 76.3 Å². The second-order valence-corrected chi connectivity index (χ2v) is 6.39. The molecule has 29 heavy (non-hydrogen) atoms. The average molecular weight is 416 g/mol. The zero-order valence-electron chi connectivity index (χ0n) is 16.3. The summed E-state index contributed by atoms with van der Waals surface area (Å²) < 4.78 is 1.49. The van der Waals surface area contributed by atoms with Gasteiger partial charge >= 0.3 is 0 Å². The number of allylic oxidation sites excluding steroid dienone is 2. The average Bonchev–Trinajstić information content (AvgIpc) is 2.74. The van der Waals surface area contributed by atoms with Crippen molar-refractivity contribution in [2.45, 2.75) is 13.0 Å². The molecule has 2 aromatic rings.